The molecule has 2 aliphatic heterocycles. The third-order valence-electron chi connectivity index (χ3n) is 8.03. The van der Waals surface area contributed by atoms with Crippen LogP contribution >= 0.6 is 0 Å². The number of carboxylic acids is 1. The molecule has 1 aromatic rings. The maximum absolute atomic E-state index is 12.7. The molecule has 0 spiro atoms. The summed E-state index contributed by atoms with van der Waals surface area (Å²) in [4.78, 5) is 26.6. The van der Waals surface area contributed by atoms with Crippen LogP contribution < -0.4 is 9.47 Å². The third kappa shape index (κ3) is 8.10. The van der Waals surface area contributed by atoms with Gasteiger partial charge in [0.15, 0.2) is 11.5 Å². The Hall–Kier alpha value is -2.28. The van der Waals surface area contributed by atoms with E-state index in [1.165, 1.54) is 11.1 Å². The van der Waals surface area contributed by atoms with E-state index in [9.17, 15) is 14.7 Å². The number of hydrogen-bond acceptors (Lipinski definition) is 6. The van der Waals surface area contributed by atoms with Gasteiger partial charge in [0.1, 0.15) is 0 Å². The molecule has 2 heterocycles. The first-order valence-corrected chi connectivity index (χ1v) is 14.0. The smallest absolute Gasteiger partial charge is 0.305 e. The van der Waals surface area contributed by atoms with Crippen molar-refractivity contribution in [1.29, 1.82) is 0 Å². The normalized spacial score (nSPS) is 22.3. The Kier molecular flexibility index (Phi) is 10.7. The molecule has 0 bridgehead atoms. The quantitative estimate of drug-likeness (QED) is 0.334. The second kappa shape index (κ2) is 13.5. The van der Waals surface area contributed by atoms with E-state index < -0.39 is 5.97 Å². The summed E-state index contributed by atoms with van der Waals surface area (Å²) in [5.74, 6) is 2.27. The van der Waals surface area contributed by atoms with Gasteiger partial charge in [-0.25, -0.2) is 0 Å². The summed E-state index contributed by atoms with van der Waals surface area (Å²) in [6.07, 6.45) is 4.81. The van der Waals surface area contributed by atoms with Crippen molar-refractivity contribution < 1.29 is 28.9 Å². The minimum atomic E-state index is -0.802. The Bertz CT molecular complexity index is 914. The van der Waals surface area contributed by atoms with Crippen molar-refractivity contribution in [2.45, 2.75) is 78.7 Å². The molecule has 0 unspecified atom stereocenters. The van der Waals surface area contributed by atoms with E-state index >= 15 is 0 Å². The lowest BCUT2D eigenvalue weighted by Gasteiger charge is -2.47. The number of methoxy groups -OCH3 is 2. The van der Waals surface area contributed by atoms with Crippen molar-refractivity contribution in [3.63, 3.8) is 0 Å². The third-order valence-corrected chi connectivity index (χ3v) is 8.03. The molecule has 1 N–H and O–H groups in total. The molecule has 208 valence electrons. The van der Waals surface area contributed by atoms with Gasteiger partial charge in [0.05, 0.1) is 20.8 Å². The fourth-order valence-corrected chi connectivity index (χ4v) is 6.39. The lowest BCUT2D eigenvalue weighted by Crippen LogP contribution is -2.47. The van der Waals surface area contributed by atoms with E-state index in [0.29, 0.717) is 30.8 Å². The van der Waals surface area contributed by atoms with Gasteiger partial charge in [-0.05, 0) is 85.0 Å². The molecule has 1 saturated heterocycles. The minimum Gasteiger partial charge on any atom is -0.493 e. The summed E-state index contributed by atoms with van der Waals surface area (Å²) in [6.45, 7) is 11.1. The molecule has 7 heteroatoms. The molecule has 2 aliphatic rings. The van der Waals surface area contributed by atoms with Crippen molar-refractivity contribution in [2.75, 3.05) is 33.9 Å². The number of carbonyl (C=O) groups excluding carboxylic acids is 1. The van der Waals surface area contributed by atoms with Crippen molar-refractivity contribution in [1.82, 2.24) is 4.90 Å². The maximum Gasteiger partial charge on any atom is 0.305 e. The molecule has 3 rings (SSSR count). The number of nitrogens with zero attached hydrogens (tertiary/aromatic N) is 1. The molecule has 0 saturated carbocycles. The van der Waals surface area contributed by atoms with Crippen LogP contribution in [0.25, 0.3) is 0 Å². The minimum absolute atomic E-state index is 0.00712. The summed E-state index contributed by atoms with van der Waals surface area (Å²) in [7, 11) is 3.35. The summed E-state index contributed by atoms with van der Waals surface area (Å²) in [5, 5.41) is 9.23. The molecule has 4 atom stereocenters. The molecule has 0 amide bonds. The number of carboxylic acid groups (broad SMARTS) is 1. The number of carbonyl (C=O) groups is 2. The Morgan fingerprint density at radius 3 is 2.38 bits per heavy atom. The van der Waals surface area contributed by atoms with Crippen LogP contribution in [0, 0.1) is 29.6 Å². The van der Waals surface area contributed by atoms with E-state index in [2.05, 4.69) is 44.7 Å². The zero-order chi connectivity index (χ0) is 27.1. The maximum atomic E-state index is 12.7. The van der Waals surface area contributed by atoms with Gasteiger partial charge in [0.25, 0.3) is 0 Å². The molecule has 0 radical (unpaired) electrons. The monoisotopic (exact) mass is 517 g/mol. The number of piperidine rings is 1. The molecular weight excluding hydrogens is 470 g/mol. The molecule has 1 aromatic carbocycles. The first-order valence-electron chi connectivity index (χ1n) is 14.0. The van der Waals surface area contributed by atoms with Crippen molar-refractivity contribution in [3.8, 4) is 11.5 Å². The average molecular weight is 518 g/mol. The highest BCUT2D eigenvalue weighted by Gasteiger charge is 2.40. The van der Waals surface area contributed by atoms with Gasteiger partial charge in [-0.2, -0.15) is 0 Å². The van der Waals surface area contributed by atoms with Crippen molar-refractivity contribution in [3.05, 3.63) is 23.3 Å². The fourth-order valence-electron chi connectivity index (χ4n) is 6.39. The molecule has 0 aromatic heterocycles. The molecule has 37 heavy (non-hydrogen) atoms. The lowest BCUT2D eigenvalue weighted by molar-refractivity contribution is -0.148. The Balaban J connectivity index is 1.68. The van der Waals surface area contributed by atoms with Crippen LogP contribution in [0.2, 0.25) is 0 Å². The molecular formula is C30H47NO6. The van der Waals surface area contributed by atoms with E-state index in [1.54, 1.807) is 14.2 Å². The summed E-state index contributed by atoms with van der Waals surface area (Å²) < 4.78 is 17.0. The summed E-state index contributed by atoms with van der Waals surface area (Å²) in [6, 6.07) is 4.53. The second-order valence-electron chi connectivity index (χ2n) is 11.9. The topological polar surface area (TPSA) is 85.3 Å². The summed E-state index contributed by atoms with van der Waals surface area (Å²) in [5.41, 5.74) is 2.61. The first-order chi connectivity index (χ1) is 17.6. The van der Waals surface area contributed by atoms with Crippen LogP contribution in [0.5, 0.6) is 11.5 Å². The van der Waals surface area contributed by atoms with Gasteiger partial charge in [0, 0.05) is 32.0 Å². The van der Waals surface area contributed by atoms with Gasteiger partial charge < -0.3 is 19.3 Å². The van der Waals surface area contributed by atoms with E-state index in [-0.39, 0.29) is 36.7 Å². The van der Waals surface area contributed by atoms with Crippen LogP contribution in [-0.2, 0) is 20.7 Å². The Labute approximate surface area is 222 Å². The predicted molar refractivity (Wildman–Crippen MR) is 144 cm³/mol. The highest BCUT2D eigenvalue weighted by molar-refractivity contribution is 5.70. The van der Waals surface area contributed by atoms with Gasteiger partial charge in [0.2, 0.25) is 0 Å². The SMILES string of the molecule is COc1cc2c(cc1OC)[C@H]1C[C@@H](COC(=O)CC[C@H](CC(=O)O)CC(C)C)[C@H](CC(C)C)CN1CC2. The lowest BCUT2D eigenvalue weighted by atomic mass is 9.74. The molecule has 0 aliphatic carbocycles. The van der Waals surface area contributed by atoms with Gasteiger partial charge in [-0.15, -0.1) is 0 Å². The highest BCUT2D eigenvalue weighted by Crippen LogP contribution is 2.45. The van der Waals surface area contributed by atoms with E-state index in [0.717, 1.165) is 50.3 Å². The van der Waals surface area contributed by atoms with Gasteiger partial charge in [-0.3, -0.25) is 14.5 Å². The largest absolute Gasteiger partial charge is 0.493 e. The highest BCUT2D eigenvalue weighted by atomic mass is 16.5. The fraction of sp³-hybridized carbons (Fsp3) is 0.733. The van der Waals surface area contributed by atoms with Gasteiger partial charge in [-0.1, -0.05) is 27.7 Å². The zero-order valence-corrected chi connectivity index (χ0v) is 23.6. The zero-order valence-electron chi connectivity index (χ0n) is 23.6. The van der Waals surface area contributed by atoms with Crippen molar-refractivity contribution in [2.24, 2.45) is 29.6 Å². The van der Waals surface area contributed by atoms with E-state index in [4.69, 9.17) is 14.2 Å². The van der Waals surface area contributed by atoms with Crippen LogP contribution in [-0.4, -0.2) is 55.9 Å². The molecule has 1 fully saturated rings. The number of fused-ring (bicyclic) bond motifs is 3. The Morgan fingerprint density at radius 1 is 1.05 bits per heavy atom. The number of ether oxygens (including phenoxy) is 3. The number of esters is 1. The van der Waals surface area contributed by atoms with Gasteiger partial charge >= 0.3 is 11.9 Å². The van der Waals surface area contributed by atoms with Crippen LogP contribution in [0.1, 0.15) is 83.4 Å². The number of aliphatic carboxylic acids is 1. The second-order valence-corrected chi connectivity index (χ2v) is 11.9. The summed E-state index contributed by atoms with van der Waals surface area (Å²) >= 11 is 0. The van der Waals surface area contributed by atoms with Crippen LogP contribution in [0.4, 0.5) is 0 Å². The molecule has 7 nitrogen and oxygen atoms in total. The van der Waals surface area contributed by atoms with Crippen molar-refractivity contribution >= 4 is 11.9 Å². The number of rotatable bonds is 13. The number of hydrogen-bond donors (Lipinski definition) is 1. The Morgan fingerprint density at radius 2 is 1.76 bits per heavy atom. The first kappa shape index (κ1) is 29.3. The van der Waals surface area contributed by atoms with E-state index in [1.807, 2.05) is 0 Å². The van der Waals surface area contributed by atoms with Crippen LogP contribution in [0.15, 0.2) is 12.1 Å². The van der Waals surface area contributed by atoms with Crippen LogP contribution in [0.3, 0.4) is 0 Å². The standard InChI is InChI=1S/C30H47NO6/c1-19(2)11-21(13-29(32)33)7-8-30(34)37-18-24-14-26-25-16-28(36-6)27(35-5)15-22(25)9-10-31(26)17-23(24)12-20(3)4/h15-16,19-21,23-24,26H,7-14,17-18H2,1-6H3,(H,32,33)/t21-,23+,24-,26+/m0/s1. The average Bonchev–Trinajstić information content (AvgIpc) is 2.83. The predicted octanol–water partition coefficient (Wildman–Crippen LogP) is 5.75. The number of benzene rings is 1.